The third-order valence-corrected chi connectivity index (χ3v) is 4.37. The fourth-order valence-corrected chi connectivity index (χ4v) is 3.09. The molecule has 0 aliphatic heterocycles. The third-order valence-electron chi connectivity index (χ3n) is 4.37. The number of hydrogen-bond acceptors (Lipinski definition) is 0. The monoisotopic (exact) mass is 268 g/mol. The van der Waals surface area contributed by atoms with Crippen molar-refractivity contribution in [3.63, 3.8) is 0 Å². The number of benzene rings is 1. The number of nitrogens with zero attached hydrogens (tertiary/aromatic N) is 1. The lowest BCUT2D eigenvalue weighted by Gasteiger charge is -2.18. The van der Waals surface area contributed by atoms with Crippen molar-refractivity contribution in [3.8, 4) is 11.3 Å². The molecule has 1 aromatic carbocycles. The van der Waals surface area contributed by atoms with E-state index in [0.29, 0.717) is 5.92 Å². The Morgan fingerprint density at radius 1 is 1.00 bits per heavy atom. The molecule has 0 N–H and O–H groups in total. The van der Waals surface area contributed by atoms with Gasteiger partial charge in [-0.25, -0.2) is 4.57 Å². The van der Waals surface area contributed by atoms with Gasteiger partial charge in [-0.1, -0.05) is 19.9 Å². The van der Waals surface area contributed by atoms with Crippen LogP contribution in [0.5, 0.6) is 0 Å². The Morgan fingerprint density at radius 3 is 2.30 bits per heavy atom. The number of aryl methyl sites for hydroxylation is 3. The minimum absolute atomic E-state index is 0.687. The molecule has 106 valence electrons. The van der Waals surface area contributed by atoms with Gasteiger partial charge < -0.3 is 0 Å². The predicted octanol–water partition coefficient (Wildman–Crippen LogP) is 4.70. The van der Waals surface area contributed by atoms with Crippen molar-refractivity contribution in [2.75, 3.05) is 0 Å². The average Bonchev–Trinajstić information content (AvgIpc) is 2.44. The zero-order valence-corrected chi connectivity index (χ0v) is 13.4. The van der Waals surface area contributed by atoms with Crippen LogP contribution in [0.4, 0.5) is 0 Å². The van der Waals surface area contributed by atoms with Crippen molar-refractivity contribution < 1.29 is 4.57 Å². The Balaban J connectivity index is 2.54. The predicted molar refractivity (Wildman–Crippen MR) is 85.9 cm³/mol. The minimum Gasteiger partial charge on any atom is -0.201 e. The first-order valence-electron chi connectivity index (χ1n) is 7.64. The topological polar surface area (TPSA) is 3.88 Å². The van der Waals surface area contributed by atoms with Crippen LogP contribution in [0.3, 0.4) is 0 Å². The SMILES string of the molecule is CCC(CC)c1cc(C)c(-c2cccc[n+]2C)cc1C. The summed E-state index contributed by atoms with van der Waals surface area (Å²) in [5, 5.41) is 0. The molecule has 0 saturated carbocycles. The molecule has 0 fully saturated rings. The van der Waals surface area contributed by atoms with Crippen LogP contribution in [-0.4, -0.2) is 0 Å². The molecule has 2 aromatic rings. The van der Waals surface area contributed by atoms with Gasteiger partial charge in [0.05, 0.1) is 0 Å². The molecule has 0 aliphatic carbocycles. The second kappa shape index (κ2) is 6.21. The number of hydrogen-bond donors (Lipinski definition) is 0. The van der Waals surface area contributed by atoms with E-state index in [0.717, 1.165) is 0 Å². The summed E-state index contributed by atoms with van der Waals surface area (Å²) in [5.41, 5.74) is 6.95. The largest absolute Gasteiger partial charge is 0.212 e. The van der Waals surface area contributed by atoms with Gasteiger partial charge in [0.1, 0.15) is 7.05 Å². The van der Waals surface area contributed by atoms with E-state index in [4.69, 9.17) is 0 Å². The van der Waals surface area contributed by atoms with E-state index in [1.807, 2.05) is 0 Å². The summed E-state index contributed by atoms with van der Waals surface area (Å²) in [6, 6.07) is 11.1. The summed E-state index contributed by atoms with van der Waals surface area (Å²) in [6.07, 6.45) is 4.55. The maximum Gasteiger partial charge on any atom is 0.212 e. The van der Waals surface area contributed by atoms with Crippen molar-refractivity contribution >= 4 is 0 Å². The number of pyridine rings is 1. The summed E-state index contributed by atoms with van der Waals surface area (Å²) < 4.78 is 2.19. The molecule has 2 rings (SSSR count). The molecule has 1 heteroatoms. The number of rotatable bonds is 4. The quantitative estimate of drug-likeness (QED) is 0.708. The Morgan fingerprint density at radius 2 is 1.70 bits per heavy atom. The van der Waals surface area contributed by atoms with Crippen molar-refractivity contribution in [2.24, 2.45) is 7.05 Å². The molecule has 1 nitrogen and oxygen atoms in total. The summed E-state index contributed by atoms with van der Waals surface area (Å²) in [4.78, 5) is 0. The molecular formula is C19H26N+. The van der Waals surface area contributed by atoms with Crippen molar-refractivity contribution in [1.29, 1.82) is 0 Å². The second-order valence-corrected chi connectivity index (χ2v) is 5.73. The van der Waals surface area contributed by atoms with E-state index in [2.05, 4.69) is 75.8 Å². The van der Waals surface area contributed by atoms with E-state index in [1.54, 1.807) is 0 Å². The van der Waals surface area contributed by atoms with Crippen molar-refractivity contribution in [3.05, 3.63) is 53.2 Å². The van der Waals surface area contributed by atoms with Gasteiger partial charge >= 0.3 is 0 Å². The molecule has 0 radical (unpaired) electrons. The van der Waals surface area contributed by atoms with E-state index in [-0.39, 0.29) is 0 Å². The maximum atomic E-state index is 2.40. The third kappa shape index (κ3) is 2.77. The van der Waals surface area contributed by atoms with Gasteiger partial charge in [0, 0.05) is 17.7 Å². The van der Waals surface area contributed by atoms with Crippen LogP contribution < -0.4 is 4.57 Å². The van der Waals surface area contributed by atoms with E-state index >= 15 is 0 Å². The van der Waals surface area contributed by atoms with Crippen LogP contribution in [0, 0.1) is 13.8 Å². The second-order valence-electron chi connectivity index (χ2n) is 5.73. The average molecular weight is 268 g/mol. The highest BCUT2D eigenvalue weighted by Crippen LogP contribution is 2.31. The molecule has 20 heavy (non-hydrogen) atoms. The molecule has 0 aliphatic rings. The standard InChI is InChI=1S/C19H26N/c1-6-16(7-2)17-12-15(4)18(13-14(17)3)19-10-8-9-11-20(19)5/h8-13,16H,6-7H2,1-5H3/q+1. The van der Waals surface area contributed by atoms with Gasteiger partial charge in [-0.05, 0) is 61.4 Å². The summed E-state index contributed by atoms with van der Waals surface area (Å²) in [6.45, 7) is 9.05. The van der Waals surface area contributed by atoms with Crippen LogP contribution >= 0.6 is 0 Å². The zero-order valence-electron chi connectivity index (χ0n) is 13.4. The van der Waals surface area contributed by atoms with E-state index < -0.39 is 0 Å². The first kappa shape index (κ1) is 14.8. The van der Waals surface area contributed by atoms with Gasteiger partial charge in [-0.2, -0.15) is 0 Å². The summed E-state index contributed by atoms with van der Waals surface area (Å²) in [5.74, 6) is 0.687. The van der Waals surface area contributed by atoms with Gasteiger partial charge in [-0.15, -0.1) is 0 Å². The van der Waals surface area contributed by atoms with Crippen LogP contribution in [0.15, 0.2) is 36.5 Å². The molecule has 0 saturated heterocycles. The molecule has 0 amide bonds. The first-order chi connectivity index (χ1) is 9.58. The zero-order chi connectivity index (χ0) is 14.7. The van der Waals surface area contributed by atoms with Crippen LogP contribution in [0.1, 0.15) is 49.3 Å². The molecule has 1 aromatic heterocycles. The minimum atomic E-state index is 0.687. The molecule has 0 atom stereocenters. The van der Waals surface area contributed by atoms with Gasteiger partial charge in [0.2, 0.25) is 5.69 Å². The Labute approximate surface area is 123 Å². The molecular weight excluding hydrogens is 242 g/mol. The highest BCUT2D eigenvalue weighted by molar-refractivity contribution is 5.63. The lowest BCUT2D eigenvalue weighted by atomic mass is 9.87. The molecule has 0 bridgehead atoms. The Hall–Kier alpha value is -1.63. The van der Waals surface area contributed by atoms with Crippen LogP contribution in [0.25, 0.3) is 11.3 Å². The van der Waals surface area contributed by atoms with E-state index in [1.165, 1.54) is 40.8 Å². The van der Waals surface area contributed by atoms with Gasteiger partial charge in [0.15, 0.2) is 6.20 Å². The maximum absolute atomic E-state index is 2.40. The van der Waals surface area contributed by atoms with Crippen molar-refractivity contribution in [2.45, 2.75) is 46.5 Å². The highest BCUT2D eigenvalue weighted by atomic mass is 14.9. The lowest BCUT2D eigenvalue weighted by Crippen LogP contribution is -2.30. The molecule has 0 unspecified atom stereocenters. The van der Waals surface area contributed by atoms with Crippen LogP contribution in [-0.2, 0) is 7.05 Å². The fourth-order valence-electron chi connectivity index (χ4n) is 3.09. The smallest absolute Gasteiger partial charge is 0.201 e. The first-order valence-corrected chi connectivity index (χ1v) is 7.64. The molecule has 1 heterocycles. The highest BCUT2D eigenvalue weighted by Gasteiger charge is 2.16. The van der Waals surface area contributed by atoms with Crippen LogP contribution in [0.2, 0.25) is 0 Å². The molecule has 0 spiro atoms. The fraction of sp³-hybridized carbons (Fsp3) is 0.421. The van der Waals surface area contributed by atoms with Crippen molar-refractivity contribution in [1.82, 2.24) is 0 Å². The lowest BCUT2D eigenvalue weighted by molar-refractivity contribution is -0.660. The summed E-state index contributed by atoms with van der Waals surface area (Å²) in [7, 11) is 2.11. The number of aromatic nitrogens is 1. The van der Waals surface area contributed by atoms with E-state index in [9.17, 15) is 0 Å². The Kier molecular flexibility index (Phi) is 4.59. The summed E-state index contributed by atoms with van der Waals surface area (Å²) >= 11 is 0. The van der Waals surface area contributed by atoms with Gasteiger partial charge in [0.25, 0.3) is 0 Å². The Bertz CT molecular complexity index is 595. The normalized spacial score (nSPS) is 11.1. The van der Waals surface area contributed by atoms with Gasteiger partial charge in [-0.3, -0.25) is 0 Å².